The molecule has 1 aromatic heterocycles. The molecule has 5 rings (SSSR count). The number of aromatic nitrogens is 1. The Bertz CT molecular complexity index is 1130. The van der Waals surface area contributed by atoms with Gasteiger partial charge in [0.2, 0.25) is 0 Å². The minimum absolute atomic E-state index is 0.852. The van der Waals surface area contributed by atoms with Gasteiger partial charge in [0.25, 0.3) is 0 Å². The quantitative estimate of drug-likeness (QED) is 0.597. The van der Waals surface area contributed by atoms with E-state index in [0.717, 1.165) is 29.5 Å². The van der Waals surface area contributed by atoms with Crippen molar-refractivity contribution in [1.82, 2.24) is 4.57 Å². The minimum Gasteiger partial charge on any atom is -0.351 e. The molecule has 0 bridgehead atoms. The van der Waals surface area contributed by atoms with E-state index in [1.165, 1.54) is 46.9 Å². The Hall–Kier alpha value is -2.68. The first-order valence-electron chi connectivity index (χ1n) is 9.09. The van der Waals surface area contributed by atoms with Crippen molar-refractivity contribution in [3.8, 4) is 11.1 Å². The summed E-state index contributed by atoms with van der Waals surface area (Å²) in [6, 6.07) is 15.1. The van der Waals surface area contributed by atoms with Crippen molar-refractivity contribution in [1.29, 1.82) is 0 Å². The SMILES string of the molecule is Cn1ccc2cc(-c3ccc4c(c3)=NC(=C3CCCCC3)[O+]=4)ccc21. The van der Waals surface area contributed by atoms with Crippen molar-refractivity contribution in [3.63, 3.8) is 0 Å². The highest BCUT2D eigenvalue weighted by Gasteiger charge is 2.24. The van der Waals surface area contributed by atoms with E-state index in [-0.39, 0.29) is 0 Å². The molecule has 2 aliphatic rings. The van der Waals surface area contributed by atoms with Crippen LogP contribution in [-0.4, -0.2) is 4.57 Å². The predicted octanol–water partition coefficient (Wildman–Crippen LogP) is 4.27. The van der Waals surface area contributed by atoms with Crippen molar-refractivity contribution < 1.29 is 0 Å². The predicted molar refractivity (Wildman–Crippen MR) is 101 cm³/mol. The fourth-order valence-corrected chi connectivity index (χ4v) is 3.91. The van der Waals surface area contributed by atoms with E-state index < -0.39 is 0 Å². The summed E-state index contributed by atoms with van der Waals surface area (Å²) in [4.78, 5) is 4.78. The molecule has 3 heteroatoms. The van der Waals surface area contributed by atoms with E-state index in [9.17, 15) is 0 Å². The topological polar surface area (TPSA) is 28.6 Å². The van der Waals surface area contributed by atoms with Crippen molar-refractivity contribution in [2.75, 3.05) is 0 Å². The van der Waals surface area contributed by atoms with Crippen LogP contribution in [0, 0.1) is 0 Å². The second-order valence-electron chi connectivity index (χ2n) is 7.07. The fourth-order valence-electron chi connectivity index (χ4n) is 3.91. The Morgan fingerprint density at radius 1 is 0.920 bits per heavy atom. The van der Waals surface area contributed by atoms with Crippen LogP contribution in [0.1, 0.15) is 32.1 Å². The number of benzene rings is 2. The van der Waals surface area contributed by atoms with Gasteiger partial charge >= 0.3 is 11.3 Å². The maximum atomic E-state index is 6.02. The molecule has 1 aliphatic heterocycles. The molecule has 124 valence electrons. The van der Waals surface area contributed by atoms with Gasteiger partial charge in [0, 0.05) is 30.2 Å². The third-order valence-electron chi connectivity index (χ3n) is 5.37. The van der Waals surface area contributed by atoms with Crippen LogP contribution in [0.4, 0.5) is 0 Å². The van der Waals surface area contributed by atoms with Crippen LogP contribution >= 0.6 is 0 Å². The molecule has 3 nitrogen and oxygen atoms in total. The number of allylic oxidation sites excluding steroid dienone is 1. The molecule has 0 unspecified atom stereocenters. The first kappa shape index (κ1) is 14.6. The van der Waals surface area contributed by atoms with E-state index in [2.05, 4.69) is 60.3 Å². The summed E-state index contributed by atoms with van der Waals surface area (Å²) in [5.41, 5.74) is 5.93. The molecule has 2 heterocycles. The Morgan fingerprint density at radius 3 is 2.60 bits per heavy atom. The lowest BCUT2D eigenvalue weighted by molar-refractivity contribution is 0.594. The van der Waals surface area contributed by atoms with Gasteiger partial charge < -0.3 is 4.57 Å². The summed E-state index contributed by atoms with van der Waals surface area (Å²) in [5, 5.41) is 2.22. The standard InChI is InChI=1S/C22H21N2O/c1-24-12-11-18-13-16(7-9-20(18)24)17-8-10-21-19(14-17)23-22(25-21)15-5-3-2-4-6-15/h7-14H,2-6H2,1H3/q+1. The van der Waals surface area contributed by atoms with Crippen LogP contribution < -0.4 is 10.8 Å². The van der Waals surface area contributed by atoms with Crippen molar-refractivity contribution in [2.24, 2.45) is 12.0 Å². The van der Waals surface area contributed by atoms with Gasteiger partial charge in [-0.15, -0.1) is 4.99 Å². The lowest BCUT2D eigenvalue weighted by Gasteiger charge is -2.09. The number of aryl methyl sites for hydroxylation is 1. The second kappa shape index (κ2) is 5.69. The number of rotatable bonds is 1. The minimum atomic E-state index is 0.852. The molecular formula is C22H21N2O+. The number of nitrogens with zero attached hydrogens (tertiary/aromatic N) is 2. The molecule has 2 aromatic carbocycles. The molecule has 1 saturated carbocycles. The van der Waals surface area contributed by atoms with Gasteiger partial charge in [0.15, 0.2) is 5.36 Å². The number of hydrogen-bond acceptors (Lipinski definition) is 1. The third kappa shape index (κ3) is 2.51. The van der Waals surface area contributed by atoms with Crippen molar-refractivity contribution in [3.05, 3.63) is 75.3 Å². The number of fused-ring (bicyclic) bond motifs is 2. The van der Waals surface area contributed by atoms with Crippen LogP contribution in [0.25, 0.3) is 22.0 Å². The first-order chi connectivity index (χ1) is 12.3. The Labute approximate surface area is 146 Å². The Kier molecular flexibility index (Phi) is 3.34. The van der Waals surface area contributed by atoms with Gasteiger partial charge in [-0.05, 0) is 67.1 Å². The second-order valence-corrected chi connectivity index (χ2v) is 7.07. The molecule has 25 heavy (non-hydrogen) atoms. The Morgan fingerprint density at radius 2 is 1.72 bits per heavy atom. The lowest BCUT2D eigenvalue weighted by atomic mass is 9.95. The van der Waals surface area contributed by atoms with Crippen LogP contribution in [0.5, 0.6) is 0 Å². The van der Waals surface area contributed by atoms with Gasteiger partial charge in [-0.3, -0.25) is 0 Å². The van der Waals surface area contributed by atoms with Crippen LogP contribution in [-0.2, 0) is 7.05 Å². The van der Waals surface area contributed by atoms with Gasteiger partial charge in [0.1, 0.15) is 0 Å². The zero-order chi connectivity index (χ0) is 16.8. The zero-order valence-corrected chi connectivity index (χ0v) is 14.5. The molecule has 0 radical (unpaired) electrons. The smallest absolute Gasteiger partial charge is 0.351 e. The monoisotopic (exact) mass is 329 g/mol. The van der Waals surface area contributed by atoms with Gasteiger partial charge in [0.05, 0.1) is 5.57 Å². The number of hydrogen-bond donors (Lipinski definition) is 0. The molecule has 0 amide bonds. The summed E-state index contributed by atoms with van der Waals surface area (Å²) < 4.78 is 8.17. The summed E-state index contributed by atoms with van der Waals surface area (Å²) in [7, 11) is 2.08. The molecule has 0 spiro atoms. The maximum absolute atomic E-state index is 6.02. The average molecular weight is 329 g/mol. The zero-order valence-electron chi connectivity index (χ0n) is 14.5. The largest absolute Gasteiger partial charge is 0.453 e. The van der Waals surface area contributed by atoms with Crippen LogP contribution in [0.3, 0.4) is 0 Å². The first-order valence-corrected chi connectivity index (χ1v) is 9.09. The summed E-state index contributed by atoms with van der Waals surface area (Å²) in [6.45, 7) is 0. The van der Waals surface area contributed by atoms with Crippen molar-refractivity contribution >= 4 is 10.9 Å². The summed E-state index contributed by atoms with van der Waals surface area (Å²) in [5.74, 6) is 0.852. The van der Waals surface area contributed by atoms with Crippen molar-refractivity contribution in [2.45, 2.75) is 32.1 Å². The van der Waals surface area contributed by atoms with E-state index in [1.54, 1.807) is 0 Å². The van der Waals surface area contributed by atoms with E-state index >= 15 is 0 Å². The van der Waals surface area contributed by atoms with Crippen LogP contribution in [0.15, 0.2) is 69.5 Å². The summed E-state index contributed by atoms with van der Waals surface area (Å²) in [6.07, 6.45) is 8.21. The van der Waals surface area contributed by atoms with E-state index in [4.69, 9.17) is 9.42 Å². The molecular weight excluding hydrogens is 308 g/mol. The summed E-state index contributed by atoms with van der Waals surface area (Å²) >= 11 is 0. The van der Waals surface area contributed by atoms with E-state index in [0.29, 0.717) is 0 Å². The third-order valence-corrected chi connectivity index (χ3v) is 5.37. The highest BCUT2D eigenvalue weighted by molar-refractivity contribution is 5.85. The lowest BCUT2D eigenvalue weighted by Crippen LogP contribution is -2.20. The molecule has 3 aromatic rings. The normalized spacial score (nSPS) is 16.7. The molecule has 0 atom stereocenters. The van der Waals surface area contributed by atoms with Crippen LogP contribution in [0.2, 0.25) is 0 Å². The molecule has 1 aliphatic carbocycles. The highest BCUT2D eigenvalue weighted by atomic mass is 16.4. The van der Waals surface area contributed by atoms with Gasteiger partial charge in [-0.25, -0.2) is 0 Å². The average Bonchev–Trinajstić information content (AvgIpc) is 3.25. The maximum Gasteiger partial charge on any atom is 0.453 e. The Balaban J connectivity index is 1.59. The highest BCUT2D eigenvalue weighted by Crippen LogP contribution is 2.27. The molecule has 0 N–H and O–H groups in total. The molecule has 0 saturated heterocycles. The molecule has 1 fully saturated rings. The van der Waals surface area contributed by atoms with E-state index in [1.807, 2.05) is 0 Å². The van der Waals surface area contributed by atoms with Gasteiger partial charge in [-0.1, -0.05) is 12.5 Å². The van der Waals surface area contributed by atoms with Gasteiger partial charge in [-0.2, -0.15) is 4.42 Å². The fraction of sp³-hybridized carbons (Fsp3) is 0.273.